The van der Waals surface area contributed by atoms with Gasteiger partial charge in [-0.2, -0.15) is 0 Å². The van der Waals surface area contributed by atoms with Crippen molar-refractivity contribution in [2.75, 3.05) is 6.26 Å². The normalized spacial score (nSPS) is 26.7. The van der Waals surface area contributed by atoms with Gasteiger partial charge in [0.1, 0.15) is 0 Å². The molecular weight excluding hydrogens is 148 g/mol. The number of allylic oxidation sites excluding steroid dienone is 2. The molecule has 1 aliphatic carbocycles. The number of hydrogen-bond acceptors (Lipinski definition) is 2. The van der Waals surface area contributed by atoms with Crippen molar-refractivity contribution in [2.45, 2.75) is 24.5 Å². The predicted molar refractivity (Wildman–Crippen MR) is 40.3 cm³/mol. The molecule has 57 valence electrons. The maximum absolute atomic E-state index is 10.9. The molecule has 0 aromatic carbocycles. The molecule has 0 aromatic heterocycles. The van der Waals surface area contributed by atoms with E-state index in [2.05, 4.69) is 6.08 Å². The highest BCUT2D eigenvalue weighted by molar-refractivity contribution is 7.91. The molecule has 1 radical (unpaired) electrons. The van der Waals surface area contributed by atoms with Crippen LogP contribution in [0.5, 0.6) is 0 Å². The summed E-state index contributed by atoms with van der Waals surface area (Å²) in [6.07, 6.45) is 8.31. The molecular formula is C7H11O2S. The molecule has 0 aromatic rings. The molecule has 10 heavy (non-hydrogen) atoms. The van der Waals surface area contributed by atoms with Gasteiger partial charge in [0.25, 0.3) is 0 Å². The Kier molecular flexibility index (Phi) is 2.14. The Bertz CT molecular complexity index is 226. The highest BCUT2D eigenvalue weighted by Crippen LogP contribution is 2.16. The number of hydrogen-bond donors (Lipinski definition) is 0. The third-order valence-corrected chi connectivity index (χ3v) is 3.38. The van der Waals surface area contributed by atoms with Crippen LogP contribution in [0.4, 0.5) is 0 Å². The van der Waals surface area contributed by atoms with Gasteiger partial charge in [-0.25, -0.2) is 8.42 Å². The van der Waals surface area contributed by atoms with Gasteiger partial charge < -0.3 is 0 Å². The van der Waals surface area contributed by atoms with E-state index in [1.807, 2.05) is 6.08 Å². The third kappa shape index (κ3) is 1.84. The van der Waals surface area contributed by atoms with E-state index in [0.29, 0.717) is 6.42 Å². The van der Waals surface area contributed by atoms with Gasteiger partial charge in [0.05, 0.1) is 5.25 Å². The quantitative estimate of drug-likeness (QED) is 0.570. The molecule has 0 spiro atoms. The molecule has 0 saturated carbocycles. The summed E-state index contributed by atoms with van der Waals surface area (Å²) in [4.78, 5) is 0. The Morgan fingerprint density at radius 2 is 2.30 bits per heavy atom. The summed E-state index contributed by atoms with van der Waals surface area (Å²) < 4.78 is 21.9. The lowest BCUT2D eigenvalue weighted by molar-refractivity contribution is 0.572. The van der Waals surface area contributed by atoms with E-state index in [1.54, 1.807) is 0 Å². The summed E-state index contributed by atoms with van der Waals surface area (Å²) in [5, 5.41) is -0.145. The lowest BCUT2D eigenvalue weighted by Gasteiger charge is -2.14. The lowest BCUT2D eigenvalue weighted by Crippen LogP contribution is -2.20. The monoisotopic (exact) mass is 159 g/mol. The zero-order chi connectivity index (χ0) is 7.61. The first-order valence-electron chi connectivity index (χ1n) is 3.34. The van der Waals surface area contributed by atoms with E-state index in [9.17, 15) is 8.42 Å². The molecule has 0 fully saturated rings. The Hall–Kier alpha value is -0.310. The molecule has 2 nitrogen and oxygen atoms in total. The minimum Gasteiger partial charge on any atom is -0.229 e. The van der Waals surface area contributed by atoms with Crippen molar-refractivity contribution in [2.24, 2.45) is 0 Å². The van der Waals surface area contributed by atoms with Crippen LogP contribution in [0.2, 0.25) is 0 Å². The van der Waals surface area contributed by atoms with Crippen molar-refractivity contribution in [3.63, 3.8) is 0 Å². The van der Waals surface area contributed by atoms with Crippen molar-refractivity contribution in [3.8, 4) is 0 Å². The second-order valence-electron chi connectivity index (χ2n) is 2.63. The SMILES string of the molecule is CS(=O)(=O)C1CC=[C]CC1. The van der Waals surface area contributed by atoms with Crippen LogP contribution in [0.3, 0.4) is 0 Å². The van der Waals surface area contributed by atoms with E-state index in [4.69, 9.17) is 0 Å². The van der Waals surface area contributed by atoms with Crippen LogP contribution in [0.25, 0.3) is 0 Å². The standard InChI is InChI=1S/C7H11O2S/c1-10(8,9)7-5-3-2-4-6-7/h3,7H,4-6H2,1H3. The second kappa shape index (κ2) is 2.74. The maximum atomic E-state index is 10.9. The topological polar surface area (TPSA) is 34.1 Å². The zero-order valence-electron chi connectivity index (χ0n) is 6.00. The lowest BCUT2D eigenvalue weighted by atomic mass is 10.1. The van der Waals surface area contributed by atoms with Gasteiger partial charge in [0.2, 0.25) is 0 Å². The largest absolute Gasteiger partial charge is 0.229 e. The van der Waals surface area contributed by atoms with Crippen LogP contribution in [0.15, 0.2) is 6.08 Å². The van der Waals surface area contributed by atoms with Gasteiger partial charge in [0.15, 0.2) is 9.84 Å². The van der Waals surface area contributed by atoms with Gasteiger partial charge >= 0.3 is 0 Å². The molecule has 0 heterocycles. The molecule has 0 amide bonds. The molecule has 1 unspecified atom stereocenters. The van der Waals surface area contributed by atoms with E-state index >= 15 is 0 Å². The van der Waals surface area contributed by atoms with Gasteiger partial charge in [-0.3, -0.25) is 0 Å². The summed E-state index contributed by atoms with van der Waals surface area (Å²) in [5.74, 6) is 0. The zero-order valence-corrected chi connectivity index (χ0v) is 6.82. The van der Waals surface area contributed by atoms with Crippen molar-refractivity contribution in [1.82, 2.24) is 0 Å². The van der Waals surface area contributed by atoms with Crippen LogP contribution in [-0.4, -0.2) is 19.9 Å². The Balaban J connectivity index is 2.67. The molecule has 1 atom stereocenters. The van der Waals surface area contributed by atoms with E-state index in [-0.39, 0.29) is 5.25 Å². The number of sulfone groups is 1. The van der Waals surface area contributed by atoms with Crippen LogP contribution >= 0.6 is 0 Å². The fraction of sp³-hybridized carbons (Fsp3) is 0.714. The molecule has 3 heteroatoms. The fourth-order valence-electron chi connectivity index (χ4n) is 1.07. The highest BCUT2D eigenvalue weighted by Gasteiger charge is 2.19. The van der Waals surface area contributed by atoms with Gasteiger partial charge in [-0.1, -0.05) is 6.08 Å². The van der Waals surface area contributed by atoms with E-state index in [1.165, 1.54) is 6.26 Å². The first-order valence-corrected chi connectivity index (χ1v) is 5.30. The van der Waals surface area contributed by atoms with E-state index in [0.717, 1.165) is 12.8 Å². The average Bonchev–Trinajstić information content (AvgIpc) is 1.88. The van der Waals surface area contributed by atoms with Gasteiger partial charge in [-0.05, 0) is 25.3 Å². The van der Waals surface area contributed by atoms with Gasteiger partial charge in [0, 0.05) is 6.26 Å². The molecule has 1 rings (SSSR count). The first kappa shape index (κ1) is 7.79. The minimum absolute atomic E-state index is 0.145. The van der Waals surface area contributed by atoms with Crippen molar-refractivity contribution < 1.29 is 8.42 Å². The summed E-state index contributed by atoms with van der Waals surface area (Å²) in [7, 11) is -2.80. The maximum Gasteiger partial charge on any atom is 0.150 e. The van der Waals surface area contributed by atoms with E-state index < -0.39 is 9.84 Å². The number of rotatable bonds is 1. The summed E-state index contributed by atoms with van der Waals surface area (Å²) in [6, 6.07) is 0. The molecule has 1 aliphatic rings. The Morgan fingerprint density at radius 1 is 1.60 bits per heavy atom. The van der Waals surface area contributed by atoms with Crippen LogP contribution < -0.4 is 0 Å². The smallest absolute Gasteiger partial charge is 0.150 e. The van der Waals surface area contributed by atoms with Crippen LogP contribution in [0, 0.1) is 6.08 Å². The average molecular weight is 159 g/mol. The first-order chi connectivity index (χ1) is 4.61. The fourth-order valence-corrected chi connectivity index (χ4v) is 2.06. The summed E-state index contributed by atoms with van der Waals surface area (Å²) >= 11 is 0. The molecule has 0 saturated heterocycles. The Morgan fingerprint density at radius 3 is 2.60 bits per heavy atom. The van der Waals surface area contributed by atoms with Gasteiger partial charge in [-0.15, -0.1) is 0 Å². The molecule has 0 bridgehead atoms. The molecule has 0 aliphatic heterocycles. The summed E-state index contributed by atoms with van der Waals surface area (Å²) in [5.41, 5.74) is 0. The molecule has 0 N–H and O–H groups in total. The van der Waals surface area contributed by atoms with Crippen LogP contribution in [0.1, 0.15) is 19.3 Å². The second-order valence-corrected chi connectivity index (χ2v) is 4.96. The predicted octanol–water partition coefficient (Wildman–Crippen LogP) is 0.943. The van der Waals surface area contributed by atoms with Crippen molar-refractivity contribution >= 4 is 9.84 Å². The highest BCUT2D eigenvalue weighted by atomic mass is 32.2. The third-order valence-electron chi connectivity index (χ3n) is 1.74. The Labute approximate surface area is 61.9 Å². The minimum atomic E-state index is -2.80. The van der Waals surface area contributed by atoms with Crippen LogP contribution in [-0.2, 0) is 9.84 Å². The van der Waals surface area contributed by atoms with Crippen molar-refractivity contribution in [3.05, 3.63) is 12.2 Å². The van der Waals surface area contributed by atoms with Crippen molar-refractivity contribution in [1.29, 1.82) is 0 Å². The summed E-state index contributed by atoms with van der Waals surface area (Å²) in [6.45, 7) is 0.